The highest BCUT2D eigenvalue weighted by Gasteiger charge is 2.23. The van der Waals surface area contributed by atoms with Crippen molar-refractivity contribution in [1.29, 1.82) is 0 Å². The summed E-state index contributed by atoms with van der Waals surface area (Å²) in [6.07, 6.45) is -0.0856. The molecule has 0 spiro atoms. The molecule has 0 N–H and O–H groups in total. The number of methoxy groups -OCH3 is 1. The molecule has 0 atom stereocenters. The van der Waals surface area contributed by atoms with Crippen LogP contribution >= 0.6 is 0 Å². The third kappa shape index (κ3) is 1.89. The molecular formula is C13H10O4. The Balaban J connectivity index is 2.23. The van der Waals surface area contributed by atoms with Gasteiger partial charge in [0, 0.05) is 12.0 Å². The van der Waals surface area contributed by atoms with Gasteiger partial charge in [0.05, 0.1) is 12.7 Å². The summed E-state index contributed by atoms with van der Waals surface area (Å²) in [7, 11) is 1.31. The minimum Gasteiger partial charge on any atom is -0.492 e. The molecule has 0 aliphatic rings. The van der Waals surface area contributed by atoms with Crippen molar-refractivity contribution in [1.82, 2.24) is 0 Å². The summed E-state index contributed by atoms with van der Waals surface area (Å²) in [6, 6.07) is 8.62. The van der Waals surface area contributed by atoms with E-state index < -0.39 is 10.9 Å². The first-order valence-corrected chi connectivity index (χ1v) is 5.09. The molecule has 4 nitrogen and oxygen atoms in total. The highest BCUT2D eigenvalue weighted by molar-refractivity contribution is 5.97. The molecule has 0 fully saturated rings. The van der Waals surface area contributed by atoms with E-state index in [0.29, 0.717) is 5.56 Å². The summed E-state index contributed by atoms with van der Waals surface area (Å²) < 4.78 is 4.78. The Labute approximate surface area is 97.2 Å². The molecule has 0 aromatic heterocycles. The molecule has 0 bridgehead atoms. The molecule has 2 rings (SSSR count). The Morgan fingerprint density at radius 2 is 1.76 bits per heavy atom. The summed E-state index contributed by atoms with van der Waals surface area (Å²) in [4.78, 5) is 34.1. The van der Waals surface area contributed by atoms with Crippen molar-refractivity contribution in [2.45, 2.75) is 6.42 Å². The minimum atomic E-state index is -0.650. The van der Waals surface area contributed by atoms with E-state index in [2.05, 4.69) is 0 Å². The Morgan fingerprint density at radius 1 is 1.12 bits per heavy atom. The number of carbonyl (C=O) groups excluding carboxylic acids is 1. The Kier molecular flexibility index (Phi) is 2.87. The van der Waals surface area contributed by atoms with Gasteiger partial charge in [0.2, 0.25) is 5.43 Å². The third-order valence-corrected chi connectivity index (χ3v) is 2.60. The maximum absolute atomic E-state index is 11.8. The maximum atomic E-state index is 11.8. The lowest BCUT2D eigenvalue weighted by Crippen LogP contribution is -2.37. The summed E-state index contributed by atoms with van der Waals surface area (Å²) in [6.45, 7) is 0. The summed E-state index contributed by atoms with van der Waals surface area (Å²) in [5, 5.41) is 0. The van der Waals surface area contributed by atoms with Crippen LogP contribution in [0.3, 0.4) is 0 Å². The van der Waals surface area contributed by atoms with E-state index >= 15 is 0 Å². The van der Waals surface area contributed by atoms with E-state index in [0.717, 1.165) is 0 Å². The monoisotopic (exact) mass is 230 g/mol. The van der Waals surface area contributed by atoms with Crippen LogP contribution in [0.25, 0.3) is 0 Å². The summed E-state index contributed by atoms with van der Waals surface area (Å²) >= 11 is 0. The fourth-order valence-electron chi connectivity index (χ4n) is 1.68. The number of Topliss-reactive ketones (excluding diaryl/α,β-unsaturated/α-hetero) is 1. The van der Waals surface area contributed by atoms with Crippen molar-refractivity contribution in [3.8, 4) is 5.75 Å². The third-order valence-electron chi connectivity index (χ3n) is 2.60. The number of rotatable bonds is 4. The van der Waals surface area contributed by atoms with Gasteiger partial charge >= 0.3 is 0 Å². The van der Waals surface area contributed by atoms with E-state index in [-0.39, 0.29) is 23.5 Å². The fourth-order valence-corrected chi connectivity index (χ4v) is 1.68. The van der Waals surface area contributed by atoms with Crippen molar-refractivity contribution >= 4 is 5.78 Å². The van der Waals surface area contributed by atoms with E-state index in [9.17, 15) is 14.4 Å². The van der Waals surface area contributed by atoms with Crippen LogP contribution in [-0.2, 0) is 6.42 Å². The first kappa shape index (κ1) is 11.3. The number of hydrogen-bond acceptors (Lipinski definition) is 4. The van der Waals surface area contributed by atoms with E-state index in [4.69, 9.17) is 4.74 Å². The predicted octanol–water partition coefficient (Wildman–Crippen LogP) is 0.717. The van der Waals surface area contributed by atoms with Crippen LogP contribution in [0.1, 0.15) is 15.9 Å². The summed E-state index contributed by atoms with van der Waals surface area (Å²) in [5.74, 6) is -0.185. The zero-order chi connectivity index (χ0) is 12.4. The molecule has 86 valence electrons. The SMILES string of the molecule is COc1c(CC(=O)c2ccccc2)c(=O)c1=O. The topological polar surface area (TPSA) is 60.4 Å². The van der Waals surface area contributed by atoms with Gasteiger partial charge in [0.25, 0.3) is 5.43 Å². The quantitative estimate of drug-likeness (QED) is 0.573. The Hall–Kier alpha value is -2.23. The largest absolute Gasteiger partial charge is 0.492 e. The number of hydrogen-bond donors (Lipinski definition) is 0. The highest BCUT2D eigenvalue weighted by atomic mass is 16.5. The number of ether oxygens (including phenoxy) is 1. The minimum absolute atomic E-state index is 0.0132. The molecule has 0 saturated carbocycles. The number of ketones is 1. The lowest BCUT2D eigenvalue weighted by Gasteiger charge is -2.08. The second-order valence-electron chi connectivity index (χ2n) is 3.64. The van der Waals surface area contributed by atoms with Crippen molar-refractivity contribution in [2.75, 3.05) is 7.11 Å². The van der Waals surface area contributed by atoms with Gasteiger partial charge in [0.1, 0.15) is 0 Å². The van der Waals surface area contributed by atoms with Crippen LogP contribution in [0, 0.1) is 0 Å². The number of carbonyl (C=O) groups is 1. The maximum Gasteiger partial charge on any atom is 0.268 e. The van der Waals surface area contributed by atoms with Crippen LogP contribution < -0.4 is 15.6 Å². The van der Waals surface area contributed by atoms with Gasteiger partial charge in [-0.25, -0.2) is 0 Å². The summed E-state index contributed by atoms with van der Waals surface area (Å²) in [5.41, 5.74) is -0.580. The molecule has 0 unspecified atom stereocenters. The van der Waals surface area contributed by atoms with Crippen LogP contribution in [0.5, 0.6) is 5.75 Å². The second-order valence-corrected chi connectivity index (χ2v) is 3.64. The molecule has 0 heterocycles. The highest BCUT2D eigenvalue weighted by Crippen LogP contribution is 2.13. The molecule has 17 heavy (non-hydrogen) atoms. The van der Waals surface area contributed by atoms with Crippen molar-refractivity contribution < 1.29 is 9.53 Å². The van der Waals surface area contributed by atoms with Crippen molar-refractivity contribution in [3.05, 3.63) is 61.9 Å². The fraction of sp³-hybridized carbons (Fsp3) is 0.154. The average molecular weight is 230 g/mol. The zero-order valence-electron chi connectivity index (χ0n) is 9.23. The molecule has 0 aliphatic carbocycles. The standard InChI is InChI=1S/C13H10O4/c1-17-13-9(11(15)12(13)16)7-10(14)8-5-3-2-4-6-8/h2-6H,7H2,1H3. The first-order valence-electron chi connectivity index (χ1n) is 5.09. The van der Waals surface area contributed by atoms with Crippen LogP contribution in [0.2, 0.25) is 0 Å². The lowest BCUT2D eigenvalue weighted by atomic mass is 9.99. The van der Waals surface area contributed by atoms with Gasteiger partial charge in [0.15, 0.2) is 11.5 Å². The van der Waals surface area contributed by atoms with E-state index in [1.165, 1.54) is 7.11 Å². The molecule has 2 aromatic rings. The Morgan fingerprint density at radius 3 is 2.35 bits per heavy atom. The van der Waals surface area contributed by atoms with Crippen LogP contribution in [0.4, 0.5) is 0 Å². The molecule has 0 saturated heterocycles. The lowest BCUT2D eigenvalue weighted by molar-refractivity contribution is 0.0991. The first-order chi connectivity index (χ1) is 8.15. The number of benzene rings is 1. The normalized spacial score (nSPS) is 10.4. The molecule has 2 aromatic carbocycles. The Bertz CT molecular complexity index is 618. The van der Waals surface area contributed by atoms with Crippen molar-refractivity contribution in [2.24, 2.45) is 0 Å². The van der Waals surface area contributed by atoms with Gasteiger partial charge in [-0.3, -0.25) is 14.4 Å². The molecule has 0 amide bonds. The van der Waals surface area contributed by atoms with Gasteiger partial charge in [-0.1, -0.05) is 30.3 Å². The van der Waals surface area contributed by atoms with Crippen LogP contribution in [0.15, 0.2) is 39.9 Å². The van der Waals surface area contributed by atoms with Crippen LogP contribution in [-0.4, -0.2) is 12.9 Å². The average Bonchev–Trinajstić information content (AvgIpc) is 2.38. The second kappa shape index (κ2) is 4.33. The van der Waals surface area contributed by atoms with Crippen molar-refractivity contribution in [3.63, 3.8) is 0 Å². The molecule has 4 heteroatoms. The molecule has 0 aliphatic heterocycles. The van der Waals surface area contributed by atoms with E-state index in [1.807, 2.05) is 0 Å². The smallest absolute Gasteiger partial charge is 0.268 e. The zero-order valence-corrected chi connectivity index (χ0v) is 9.23. The molecular weight excluding hydrogens is 220 g/mol. The molecule has 0 radical (unpaired) electrons. The van der Waals surface area contributed by atoms with Gasteiger partial charge < -0.3 is 4.74 Å². The van der Waals surface area contributed by atoms with E-state index in [1.54, 1.807) is 30.3 Å². The predicted molar refractivity (Wildman–Crippen MR) is 62.4 cm³/mol. The van der Waals surface area contributed by atoms with Gasteiger partial charge in [-0.15, -0.1) is 0 Å². The van der Waals surface area contributed by atoms with Gasteiger partial charge in [-0.05, 0) is 0 Å². The van der Waals surface area contributed by atoms with Gasteiger partial charge in [-0.2, -0.15) is 0 Å².